The van der Waals surface area contributed by atoms with Crippen molar-refractivity contribution in [2.75, 3.05) is 13.2 Å². The number of carbonyl (C=O) groups is 4. The van der Waals surface area contributed by atoms with Gasteiger partial charge < -0.3 is 53.5 Å². The molecule has 2 rings (SSSR count). The number of carboxylic acid groups (broad SMARTS) is 1. The van der Waals surface area contributed by atoms with Crippen LogP contribution in [-0.2, 0) is 32.0 Å². The van der Waals surface area contributed by atoms with Crippen LogP contribution < -0.4 is 33.2 Å². The first-order chi connectivity index (χ1) is 19.0. The third-order valence-corrected chi connectivity index (χ3v) is 5.72. The number of aliphatic imine (C=N–C) groups is 1. The van der Waals surface area contributed by atoms with E-state index in [0.717, 1.165) is 0 Å². The van der Waals surface area contributed by atoms with E-state index in [0.29, 0.717) is 11.3 Å². The number of benzene rings is 1. The number of carboxylic acids is 1. The quantitative estimate of drug-likeness (QED) is 0.0553. The number of nitrogens with two attached hydrogens (primary N) is 3. The van der Waals surface area contributed by atoms with Gasteiger partial charge in [-0.3, -0.25) is 19.4 Å². The Morgan fingerprint density at radius 3 is 2.15 bits per heavy atom. The lowest BCUT2D eigenvalue weighted by Crippen LogP contribution is -2.58. The van der Waals surface area contributed by atoms with Crippen molar-refractivity contribution in [3.63, 3.8) is 0 Å². The molecule has 16 nitrogen and oxygen atoms in total. The zero-order valence-corrected chi connectivity index (χ0v) is 21.6. The Bertz CT molecular complexity index is 1150. The second-order valence-electron chi connectivity index (χ2n) is 8.91. The fourth-order valence-corrected chi connectivity index (χ4v) is 3.58. The molecule has 0 fully saturated rings. The summed E-state index contributed by atoms with van der Waals surface area (Å²) in [6, 6.07) is 0.762. The minimum absolute atomic E-state index is 0.00124. The monoisotopic (exact) mass is 561 g/mol. The van der Waals surface area contributed by atoms with Crippen LogP contribution in [0, 0.1) is 0 Å². The number of hydrogen-bond donors (Lipinski definition) is 10. The molecule has 0 aliphatic rings. The van der Waals surface area contributed by atoms with Crippen LogP contribution in [0.2, 0.25) is 0 Å². The van der Waals surface area contributed by atoms with E-state index in [1.807, 2.05) is 0 Å². The molecule has 0 bridgehead atoms. The highest BCUT2D eigenvalue weighted by molar-refractivity contribution is 5.94. The van der Waals surface area contributed by atoms with Crippen molar-refractivity contribution in [3.8, 4) is 5.75 Å². The number of carbonyl (C=O) groups excluding carboxylic acids is 3. The molecule has 2 aromatic rings. The van der Waals surface area contributed by atoms with Gasteiger partial charge in [0, 0.05) is 31.3 Å². The van der Waals surface area contributed by atoms with E-state index in [1.54, 1.807) is 12.1 Å². The largest absolute Gasteiger partial charge is 0.508 e. The summed E-state index contributed by atoms with van der Waals surface area (Å²) in [5, 5.41) is 35.9. The van der Waals surface area contributed by atoms with Gasteiger partial charge in [0.25, 0.3) is 0 Å². The molecule has 0 spiro atoms. The van der Waals surface area contributed by atoms with Crippen LogP contribution in [0.15, 0.2) is 41.8 Å². The molecule has 0 saturated carbocycles. The van der Waals surface area contributed by atoms with E-state index in [9.17, 15) is 34.5 Å². The number of phenols is 1. The van der Waals surface area contributed by atoms with Gasteiger partial charge in [0.05, 0.1) is 19.0 Å². The number of aromatic hydroxyl groups is 1. The third-order valence-electron chi connectivity index (χ3n) is 5.72. The Kier molecular flexibility index (Phi) is 12.3. The second kappa shape index (κ2) is 15.6. The Morgan fingerprint density at radius 1 is 0.950 bits per heavy atom. The lowest BCUT2D eigenvalue weighted by Gasteiger charge is -2.24. The van der Waals surface area contributed by atoms with Crippen LogP contribution in [0.4, 0.5) is 0 Å². The van der Waals surface area contributed by atoms with Crippen molar-refractivity contribution in [1.82, 2.24) is 25.9 Å². The molecule has 0 aliphatic carbocycles. The standard InChI is InChI=1S/C24H35N9O7/c25-16(9-14-10-28-12-30-14)20(36)32-18(8-13-3-5-15(35)6-4-13)21(37)33-19(11-34)22(38)31-17(23(39)40)2-1-7-29-24(26)27/h3-6,10,12,16-19,34-35H,1-2,7-9,11,25H2,(H,28,30)(H,31,38)(H,32,36)(H,33,37)(H,39,40)(H4,26,27,29). The summed E-state index contributed by atoms with van der Waals surface area (Å²) in [6.07, 6.45) is 3.23. The number of aromatic nitrogens is 2. The number of aliphatic carboxylic acids is 1. The molecule has 1 heterocycles. The molecular formula is C24H35N9O7. The van der Waals surface area contributed by atoms with Crippen LogP contribution in [-0.4, -0.2) is 92.3 Å². The van der Waals surface area contributed by atoms with Gasteiger partial charge in [0.15, 0.2) is 5.96 Å². The normalized spacial score (nSPS) is 13.8. The van der Waals surface area contributed by atoms with Gasteiger partial charge >= 0.3 is 5.97 Å². The second-order valence-corrected chi connectivity index (χ2v) is 8.91. The zero-order valence-electron chi connectivity index (χ0n) is 21.6. The number of phenolic OH excluding ortho intramolecular Hbond substituents is 1. The van der Waals surface area contributed by atoms with E-state index in [2.05, 4.69) is 30.9 Å². The van der Waals surface area contributed by atoms with Crippen LogP contribution >= 0.6 is 0 Å². The molecule has 13 N–H and O–H groups in total. The van der Waals surface area contributed by atoms with E-state index >= 15 is 0 Å². The van der Waals surface area contributed by atoms with Crippen LogP contribution in [0.5, 0.6) is 5.75 Å². The fraction of sp³-hybridized carbons (Fsp3) is 0.417. The average Bonchev–Trinajstić information content (AvgIpc) is 3.42. The van der Waals surface area contributed by atoms with Crippen LogP contribution in [0.1, 0.15) is 24.1 Å². The van der Waals surface area contributed by atoms with Crippen molar-refractivity contribution in [2.24, 2.45) is 22.2 Å². The van der Waals surface area contributed by atoms with Gasteiger partial charge in [-0.2, -0.15) is 0 Å². The molecule has 3 amide bonds. The summed E-state index contributed by atoms with van der Waals surface area (Å²) in [6.45, 7) is -0.708. The number of rotatable bonds is 16. The van der Waals surface area contributed by atoms with Crippen molar-refractivity contribution in [1.29, 1.82) is 0 Å². The summed E-state index contributed by atoms with van der Waals surface area (Å²) >= 11 is 0. The predicted octanol–water partition coefficient (Wildman–Crippen LogP) is -3.19. The Morgan fingerprint density at radius 2 is 1.57 bits per heavy atom. The number of aromatic amines is 1. The average molecular weight is 562 g/mol. The highest BCUT2D eigenvalue weighted by atomic mass is 16.4. The highest BCUT2D eigenvalue weighted by Gasteiger charge is 2.30. The van der Waals surface area contributed by atoms with Gasteiger partial charge in [0.2, 0.25) is 17.7 Å². The molecule has 0 saturated heterocycles. The molecule has 0 radical (unpaired) electrons. The SMILES string of the molecule is NC(N)=NCCCC(NC(=O)C(CO)NC(=O)C(Cc1ccc(O)cc1)NC(=O)C(N)Cc1cnc[nH]1)C(=O)O. The number of nitrogens with zero attached hydrogens (tertiary/aromatic N) is 2. The number of aliphatic hydroxyl groups excluding tert-OH is 1. The van der Waals surface area contributed by atoms with E-state index in [4.69, 9.17) is 17.2 Å². The lowest BCUT2D eigenvalue weighted by atomic mass is 10.0. The van der Waals surface area contributed by atoms with Crippen molar-refractivity contribution >= 4 is 29.7 Å². The Labute approximate surface area is 229 Å². The van der Waals surface area contributed by atoms with Gasteiger partial charge in [-0.1, -0.05) is 12.1 Å². The van der Waals surface area contributed by atoms with Gasteiger partial charge in [-0.05, 0) is 30.5 Å². The first kappa shape index (κ1) is 31.5. The highest BCUT2D eigenvalue weighted by Crippen LogP contribution is 2.12. The number of amides is 3. The third kappa shape index (κ3) is 10.6. The number of imidazole rings is 1. The lowest BCUT2D eigenvalue weighted by molar-refractivity contribution is -0.142. The molecular weight excluding hydrogens is 526 g/mol. The summed E-state index contributed by atoms with van der Waals surface area (Å²) in [7, 11) is 0. The molecule has 4 unspecified atom stereocenters. The molecule has 4 atom stereocenters. The number of aliphatic hydroxyl groups is 1. The smallest absolute Gasteiger partial charge is 0.326 e. The number of guanidine groups is 1. The van der Waals surface area contributed by atoms with Crippen molar-refractivity contribution in [2.45, 2.75) is 49.9 Å². The topological polar surface area (TPSA) is 284 Å². The minimum Gasteiger partial charge on any atom is -0.508 e. The van der Waals surface area contributed by atoms with E-state index in [-0.39, 0.29) is 43.9 Å². The molecule has 0 aliphatic heterocycles. The summed E-state index contributed by atoms with van der Waals surface area (Å²) < 4.78 is 0. The number of H-pyrrole nitrogens is 1. The summed E-state index contributed by atoms with van der Waals surface area (Å²) in [5.74, 6) is -3.93. The van der Waals surface area contributed by atoms with Gasteiger partial charge in [0.1, 0.15) is 23.9 Å². The summed E-state index contributed by atoms with van der Waals surface area (Å²) in [5.41, 5.74) is 17.6. The summed E-state index contributed by atoms with van der Waals surface area (Å²) in [4.78, 5) is 60.7. The van der Waals surface area contributed by atoms with Crippen molar-refractivity contribution < 1.29 is 34.5 Å². The first-order valence-electron chi connectivity index (χ1n) is 12.3. The van der Waals surface area contributed by atoms with Crippen LogP contribution in [0.3, 0.4) is 0 Å². The molecule has 16 heteroatoms. The molecule has 218 valence electrons. The van der Waals surface area contributed by atoms with Crippen LogP contribution in [0.25, 0.3) is 0 Å². The molecule has 1 aromatic carbocycles. The van der Waals surface area contributed by atoms with E-state index < -0.39 is 54.5 Å². The fourth-order valence-electron chi connectivity index (χ4n) is 3.58. The van der Waals surface area contributed by atoms with Crippen molar-refractivity contribution in [3.05, 3.63) is 48.0 Å². The molecule has 1 aromatic heterocycles. The minimum atomic E-state index is -1.52. The molecule has 40 heavy (non-hydrogen) atoms. The number of nitrogens with one attached hydrogen (secondary N) is 4. The maximum atomic E-state index is 13.2. The van der Waals surface area contributed by atoms with Gasteiger partial charge in [-0.25, -0.2) is 9.78 Å². The maximum absolute atomic E-state index is 13.2. The maximum Gasteiger partial charge on any atom is 0.326 e. The first-order valence-corrected chi connectivity index (χ1v) is 12.3. The Hall–Kier alpha value is -4.70. The van der Waals surface area contributed by atoms with Gasteiger partial charge in [-0.15, -0.1) is 0 Å². The zero-order chi connectivity index (χ0) is 29.7. The predicted molar refractivity (Wildman–Crippen MR) is 143 cm³/mol. The van der Waals surface area contributed by atoms with E-state index in [1.165, 1.54) is 24.7 Å². The Balaban J connectivity index is 2.10. The number of hydrogen-bond acceptors (Lipinski definition) is 9.